The van der Waals surface area contributed by atoms with Crippen LogP contribution in [0, 0.1) is 0 Å². The first-order valence-electron chi connectivity index (χ1n) is 9.73. The smallest absolute Gasteiger partial charge is 0.410 e. The van der Waals surface area contributed by atoms with Crippen molar-refractivity contribution in [3.63, 3.8) is 0 Å². The molecule has 0 aromatic heterocycles. The van der Waals surface area contributed by atoms with Gasteiger partial charge in [-0.25, -0.2) is 9.59 Å². The Labute approximate surface area is 171 Å². The van der Waals surface area contributed by atoms with E-state index in [1.54, 1.807) is 4.90 Å². The lowest BCUT2D eigenvalue weighted by molar-refractivity contribution is 0.0848. The molecular formula is C23H26N2O4. The molecule has 0 unspecified atom stereocenters. The van der Waals surface area contributed by atoms with E-state index in [1.165, 1.54) is 0 Å². The molecule has 0 spiro atoms. The zero-order valence-electron chi connectivity index (χ0n) is 16.5. The molecule has 2 atom stereocenters. The molecule has 1 N–H and O–H groups in total. The van der Waals surface area contributed by atoms with Crippen LogP contribution in [0.3, 0.4) is 0 Å². The highest BCUT2D eigenvalue weighted by molar-refractivity contribution is 5.70. The maximum Gasteiger partial charge on any atom is 0.410 e. The van der Waals surface area contributed by atoms with Gasteiger partial charge < -0.3 is 14.8 Å². The molecular weight excluding hydrogens is 368 g/mol. The van der Waals surface area contributed by atoms with Crippen molar-refractivity contribution in [1.29, 1.82) is 0 Å². The summed E-state index contributed by atoms with van der Waals surface area (Å²) in [6, 6.07) is 18.7. The number of amides is 2. The number of rotatable bonds is 5. The minimum Gasteiger partial charge on any atom is -0.445 e. The van der Waals surface area contributed by atoms with E-state index in [2.05, 4.69) is 5.32 Å². The molecule has 3 rings (SSSR count). The van der Waals surface area contributed by atoms with Crippen molar-refractivity contribution in [1.82, 2.24) is 10.2 Å². The SMILES string of the molecule is C[C@@H]1C=CC[C@H](NC(=O)OCc2ccccc2)CN1C(=O)OCc1ccccc1. The topological polar surface area (TPSA) is 67.9 Å². The summed E-state index contributed by atoms with van der Waals surface area (Å²) in [4.78, 5) is 26.4. The summed E-state index contributed by atoms with van der Waals surface area (Å²) in [6.07, 6.45) is 3.63. The molecule has 1 aliphatic rings. The third-order valence-electron chi connectivity index (χ3n) is 4.72. The summed E-state index contributed by atoms with van der Waals surface area (Å²) in [5.74, 6) is 0. The lowest BCUT2D eigenvalue weighted by Gasteiger charge is -2.28. The fourth-order valence-electron chi connectivity index (χ4n) is 3.10. The van der Waals surface area contributed by atoms with Crippen LogP contribution >= 0.6 is 0 Å². The van der Waals surface area contributed by atoms with Gasteiger partial charge in [0.05, 0.1) is 12.1 Å². The first kappa shape index (κ1) is 20.5. The number of nitrogens with zero attached hydrogens (tertiary/aromatic N) is 1. The molecule has 0 fully saturated rings. The average molecular weight is 394 g/mol. The summed E-state index contributed by atoms with van der Waals surface area (Å²) in [7, 11) is 0. The van der Waals surface area contributed by atoms with E-state index >= 15 is 0 Å². The van der Waals surface area contributed by atoms with Gasteiger partial charge in [0.25, 0.3) is 0 Å². The van der Waals surface area contributed by atoms with E-state index in [9.17, 15) is 9.59 Å². The fourth-order valence-corrected chi connectivity index (χ4v) is 3.10. The number of hydrogen-bond donors (Lipinski definition) is 1. The minimum atomic E-state index is -0.501. The second-order valence-electron chi connectivity index (χ2n) is 7.00. The van der Waals surface area contributed by atoms with Crippen molar-refractivity contribution in [3.05, 3.63) is 83.9 Å². The first-order valence-corrected chi connectivity index (χ1v) is 9.73. The van der Waals surface area contributed by atoms with Crippen molar-refractivity contribution in [3.8, 4) is 0 Å². The molecule has 0 radical (unpaired) electrons. The van der Waals surface area contributed by atoms with Gasteiger partial charge in [-0.1, -0.05) is 72.8 Å². The molecule has 6 heteroatoms. The first-order chi connectivity index (χ1) is 14.1. The molecule has 152 valence electrons. The highest BCUT2D eigenvalue weighted by Crippen LogP contribution is 2.14. The van der Waals surface area contributed by atoms with Crippen LogP contribution in [-0.4, -0.2) is 35.7 Å². The second-order valence-corrected chi connectivity index (χ2v) is 7.00. The van der Waals surface area contributed by atoms with Gasteiger partial charge in [0.15, 0.2) is 0 Å². The number of alkyl carbamates (subject to hydrolysis) is 1. The van der Waals surface area contributed by atoms with Crippen LogP contribution in [0.4, 0.5) is 9.59 Å². The number of nitrogens with one attached hydrogen (secondary N) is 1. The number of ether oxygens (including phenoxy) is 2. The zero-order chi connectivity index (χ0) is 20.5. The summed E-state index contributed by atoms with van der Waals surface area (Å²) in [5, 5.41) is 2.85. The molecule has 0 aliphatic carbocycles. The van der Waals surface area contributed by atoms with E-state index in [0.29, 0.717) is 13.0 Å². The van der Waals surface area contributed by atoms with E-state index in [-0.39, 0.29) is 25.3 Å². The van der Waals surface area contributed by atoms with Crippen LogP contribution in [-0.2, 0) is 22.7 Å². The van der Waals surface area contributed by atoms with Gasteiger partial charge in [0, 0.05) is 6.54 Å². The van der Waals surface area contributed by atoms with Gasteiger partial charge in [-0.2, -0.15) is 0 Å². The third kappa shape index (κ3) is 6.38. The Balaban J connectivity index is 1.51. The molecule has 6 nitrogen and oxygen atoms in total. The average Bonchev–Trinajstić information content (AvgIpc) is 2.93. The van der Waals surface area contributed by atoms with Gasteiger partial charge in [-0.3, -0.25) is 4.90 Å². The molecule has 2 aromatic carbocycles. The number of carbonyl (C=O) groups excluding carboxylic acids is 2. The Bertz CT molecular complexity index is 823. The minimum absolute atomic E-state index is 0.120. The van der Waals surface area contributed by atoms with Crippen LogP contribution in [0.25, 0.3) is 0 Å². The molecule has 29 heavy (non-hydrogen) atoms. The maximum atomic E-state index is 12.6. The van der Waals surface area contributed by atoms with E-state index in [0.717, 1.165) is 11.1 Å². The van der Waals surface area contributed by atoms with Crippen molar-refractivity contribution >= 4 is 12.2 Å². The van der Waals surface area contributed by atoms with Gasteiger partial charge >= 0.3 is 12.2 Å². The Morgan fingerprint density at radius 2 is 1.55 bits per heavy atom. The Hall–Kier alpha value is -3.28. The summed E-state index contributed by atoms with van der Waals surface area (Å²) < 4.78 is 10.8. The molecule has 0 saturated heterocycles. The lowest BCUT2D eigenvalue weighted by atomic mass is 10.2. The van der Waals surface area contributed by atoms with Crippen LogP contribution in [0.5, 0.6) is 0 Å². The third-order valence-corrected chi connectivity index (χ3v) is 4.72. The largest absolute Gasteiger partial charge is 0.445 e. The summed E-state index contributed by atoms with van der Waals surface area (Å²) in [5.41, 5.74) is 1.85. The van der Waals surface area contributed by atoms with E-state index in [4.69, 9.17) is 9.47 Å². The lowest BCUT2D eigenvalue weighted by Crippen LogP contribution is -2.47. The summed E-state index contributed by atoms with van der Waals surface area (Å²) in [6.45, 7) is 2.69. The van der Waals surface area contributed by atoms with Gasteiger partial charge in [-0.15, -0.1) is 0 Å². The molecule has 2 aromatic rings. The molecule has 1 heterocycles. The standard InChI is InChI=1S/C23H26N2O4/c1-18-9-8-14-21(24-22(26)28-16-19-10-4-2-5-11-19)15-25(18)23(27)29-17-20-12-6-3-7-13-20/h2-13,18,21H,14-17H2,1H3,(H,24,26)/t18-,21+/m1/s1. The van der Waals surface area contributed by atoms with E-state index < -0.39 is 12.2 Å². The van der Waals surface area contributed by atoms with Crippen LogP contribution < -0.4 is 5.32 Å². The number of benzene rings is 2. The van der Waals surface area contributed by atoms with Crippen molar-refractivity contribution < 1.29 is 19.1 Å². The Kier molecular flexibility index (Phi) is 7.28. The van der Waals surface area contributed by atoms with Crippen molar-refractivity contribution in [2.24, 2.45) is 0 Å². The summed E-state index contributed by atoms with van der Waals surface area (Å²) >= 11 is 0. The Morgan fingerprint density at radius 1 is 0.966 bits per heavy atom. The van der Waals surface area contributed by atoms with Crippen LogP contribution in [0.1, 0.15) is 24.5 Å². The second kappa shape index (κ2) is 10.3. The highest BCUT2D eigenvalue weighted by Gasteiger charge is 2.26. The van der Waals surface area contributed by atoms with E-state index in [1.807, 2.05) is 79.7 Å². The predicted molar refractivity (Wildman–Crippen MR) is 110 cm³/mol. The van der Waals surface area contributed by atoms with Crippen molar-refractivity contribution in [2.75, 3.05) is 6.54 Å². The number of carbonyl (C=O) groups is 2. The van der Waals surface area contributed by atoms with Gasteiger partial charge in [0.2, 0.25) is 0 Å². The Morgan fingerprint density at radius 3 is 2.17 bits per heavy atom. The zero-order valence-corrected chi connectivity index (χ0v) is 16.5. The molecule has 1 aliphatic heterocycles. The number of hydrogen-bond acceptors (Lipinski definition) is 4. The van der Waals surface area contributed by atoms with Crippen molar-refractivity contribution in [2.45, 2.75) is 38.6 Å². The molecule has 2 amide bonds. The predicted octanol–water partition coefficient (Wildman–Crippen LogP) is 4.27. The fraction of sp³-hybridized carbons (Fsp3) is 0.304. The highest BCUT2D eigenvalue weighted by atomic mass is 16.6. The normalized spacial score (nSPS) is 18.6. The maximum absolute atomic E-state index is 12.6. The molecule has 0 saturated carbocycles. The quantitative estimate of drug-likeness (QED) is 0.769. The van der Waals surface area contributed by atoms with Crippen LogP contribution in [0.15, 0.2) is 72.8 Å². The molecule has 0 bridgehead atoms. The monoisotopic (exact) mass is 394 g/mol. The van der Waals surface area contributed by atoms with Gasteiger partial charge in [-0.05, 0) is 24.5 Å². The van der Waals surface area contributed by atoms with Gasteiger partial charge in [0.1, 0.15) is 13.2 Å². The van der Waals surface area contributed by atoms with Crippen LogP contribution in [0.2, 0.25) is 0 Å².